The van der Waals surface area contributed by atoms with Crippen LogP contribution in [0.3, 0.4) is 0 Å². The first-order valence-electron chi connectivity index (χ1n) is 6.20. The smallest absolute Gasteiger partial charge is 0.250 e. The van der Waals surface area contributed by atoms with Gasteiger partial charge in [0.2, 0.25) is 10.0 Å². The Morgan fingerprint density at radius 3 is 2.75 bits per heavy atom. The summed E-state index contributed by atoms with van der Waals surface area (Å²) in [6.45, 7) is 4.97. The van der Waals surface area contributed by atoms with E-state index in [-0.39, 0.29) is 0 Å². The van der Waals surface area contributed by atoms with E-state index in [2.05, 4.69) is 9.82 Å². The lowest BCUT2D eigenvalue weighted by Gasteiger charge is -2.04. The van der Waals surface area contributed by atoms with Crippen molar-refractivity contribution in [2.24, 2.45) is 5.73 Å². The number of rotatable bonds is 6. The Morgan fingerprint density at radius 1 is 1.45 bits per heavy atom. The second-order valence-electron chi connectivity index (χ2n) is 4.55. The highest BCUT2D eigenvalue weighted by Crippen LogP contribution is 2.25. The van der Waals surface area contributed by atoms with Gasteiger partial charge in [0, 0.05) is 24.2 Å². The van der Waals surface area contributed by atoms with Gasteiger partial charge in [0.25, 0.3) is 0 Å². The van der Waals surface area contributed by atoms with Gasteiger partial charge in [-0.25, -0.2) is 13.1 Å². The van der Waals surface area contributed by atoms with Crippen molar-refractivity contribution < 1.29 is 8.42 Å². The second kappa shape index (κ2) is 6.04. The van der Waals surface area contributed by atoms with Crippen molar-refractivity contribution in [1.82, 2.24) is 14.5 Å². The molecule has 2 aromatic rings. The van der Waals surface area contributed by atoms with Gasteiger partial charge < -0.3 is 5.73 Å². The topological polar surface area (TPSA) is 90.0 Å². The molecule has 3 N–H and O–H groups in total. The molecule has 0 saturated carbocycles. The molecule has 0 aliphatic carbocycles. The maximum absolute atomic E-state index is 12.1. The van der Waals surface area contributed by atoms with Crippen LogP contribution in [0.1, 0.15) is 16.0 Å². The second-order valence-corrected chi connectivity index (χ2v) is 7.68. The number of nitrogens with zero attached hydrogens (tertiary/aromatic N) is 2. The third kappa shape index (κ3) is 3.45. The molecule has 0 aliphatic rings. The van der Waals surface area contributed by atoms with Gasteiger partial charge in [-0.05, 0) is 31.0 Å². The molecule has 0 unspecified atom stereocenters. The Labute approximate surface area is 122 Å². The maximum Gasteiger partial charge on any atom is 0.250 e. The summed E-state index contributed by atoms with van der Waals surface area (Å²) in [6.07, 6.45) is 3.61. The molecule has 2 rings (SSSR count). The zero-order valence-electron chi connectivity index (χ0n) is 11.5. The Hall–Kier alpha value is -1.22. The van der Waals surface area contributed by atoms with Crippen LogP contribution in [-0.4, -0.2) is 24.7 Å². The van der Waals surface area contributed by atoms with Gasteiger partial charge >= 0.3 is 0 Å². The lowest BCUT2D eigenvalue weighted by atomic mass is 10.3. The van der Waals surface area contributed by atoms with Crippen LogP contribution in [0.15, 0.2) is 22.7 Å². The number of aromatic nitrogens is 2. The molecule has 0 saturated heterocycles. The summed E-state index contributed by atoms with van der Waals surface area (Å²) < 4.78 is 28.9. The summed E-state index contributed by atoms with van der Waals surface area (Å²) in [7, 11) is -3.46. The number of nitrogens with two attached hydrogens (primary N) is 1. The predicted octanol–water partition coefficient (Wildman–Crippen LogP) is 0.999. The minimum atomic E-state index is -3.46. The Bertz CT molecular complexity index is 688. The number of nitrogens with one attached hydrogen (secondary N) is 1. The summed E-state index contributed by atoms with van der Waals surface area (Å²) in [5.74, 6) is 0. The molecule has 6 nitrogen and oxygen atoms in total. The van der Waals surface area contributed by atoms with E-state index >= 15 is 0 Å². The first kappa shape index (κ1) is 15.2. The molecule has 0 radical (unpaired) electrons. The summed E-state index contributed by atoms with van der Waals surface area (Å²) in [5, 5.41) is 4.11. The molecule has 8 heteroatoms. The molecule has 2 heterocycles. The van der Waals surface area contributed by atoms with Crippen LogP contribution in [0.2, 0.25) is 0 Å². The van der Waals surface area contributed by atoms with E-state index in [9.17, 15) is 8.42 Å². The van der Waals surface area contributed by atoms with Gasteiger partial charge in [0.1, 0.15) is 4.21 Å². The molecule has 0 atom stereocenters. The SMILES string of the molecule is Cc1cnn(CCNS(=O)(=O)c2cc(C)c(CN)s2)c1. The summed E-state index contributed by atoms with van der Waals surface area (Å²) >= 11 is 1.22. The molecular formula is C12H18N4O2S2. The van der Waals surface area contributed by atoms with E-state index in [1.165, 1.54) is 11.3 Å². The van der Waals surface area contributed by atoms with Gasteiger partial charge in [-0.2, -0.15) is 5.10 Å². The number of sulfonamides is 1. The van der Waals surface area contributed by atoms with E-state index in [1.807, 2.05) is 20.0 Å². The Morgan fingerprint density at radius 2 is 2.20 bits per heavy atom. The van der Waals surface area contributed by atoms with E-state index < -0.39 is 10.0 Å². The van der Waals surface area contributed by atoms with Gasteiger partial charge in [0.05, 0.1) is 12.7 Å². The van der Waals surface area contributed by atoms with Crippen molar-refractivity contribution in [2.75, 3.05) is 6.54 Å². The van der Waals surface area contributed by atoms with Crippen LogP contribution < -0.4 is 10.5 Å². The molecule has 20 heavy (non-hydrogen) atoms. The average Bonchev–Trinajstić information content (AvgIpc) is 2.95. The average molecular weight is 314 g/mol. The number of hydrogen-bond acceptors (Lipinski definition) is 5. The highest BCUT2D eigenvalue weighted by atomic mass is 32.2. The molecule has 0 aliphatic heterocycles. The molecule has 2 aromatic heterocycles. The third-order valence-electron chi connectivity index (χ3n) is 2.84. The van der Waals surface area contributed by atoms with Crippen molar-refractivity contribution in [3.63, 3.8) is 0 Å². The fourth-order valence-corrected chi connectivity index (χ4v) is 4.31. The van der Waals surface area contributed by atoms with Gasteiger partial charge in [0.15, 0.2) is 0 Å². The molecule has 0 bridgehead atoms. The first-order valence-corrected chi connectivity index (χ1v) is 8.50. The maximum atomic E-state index is 12.1. The molecule has 0 amide bonds. The molecular weight excluding hydrogens is 296 g/mol. The standard InChI is InChI=1S/C12H18N4O2S2/c1-9-7-14-16(8-9)4-3-15-20(17,18)12-5-10(2)11(6-13)19-12/h5,7-8,15H,3-4,6,13H2,1-2H3. The third-order valence-corrected chi connectivity index (χ3v) is 6.04. The molecule has 110 valence electrons. The molecule has 0 aromatic carbocycles. The quantitative estimate of drug-likeness (QED) is 0.832. The number of aryl methyl sites for hydroxylation is 2. The fraction of sp³-hybridized carbons (Fsp3) is 0.417. The Kier molecular flexibility index (Phi) is 4.59. The van der Waals surface area contributed by atoms with Crippen molar-refractivity contribution in [3.05, 3.63) is 34.5 Å². The predicted molar refractivity (Wildman–Crippen MR) is 79.1 cm³/mol. The van der Waals surface area contributed by atoms with Crippen molar-refractivity contribution >= 4 is 21.4 Å². The normalized spacial score (nSPS) is 11.9. The minimum Gasteiger partial charge on any atom is -0.326 e. The zero-order chi connectivity index (χ0) is 14.8. The monoisotopic (exact) mass is 314 g/mol. The van der Waals surface area contributed by atoms with Crippen LogP contribution in [0.4, 0.5) is 0 Å². The van der Waals surface area contributed by atoms with Crippen LogP contribution in [0, 0.1) is 13.8 Å². The van der Waals surface area contributed by atoms with E-state index in [0.29, 0.717) is 23.8 Å². The molecule has 0 spiro atoms. The summed E-state index contributed by atoms with van der Waals surface area (Å²) in [5.41, 5.74) is 7.54. The number of hydrogen-bond donors (Lipinski definition) is 2. The highest BCUT2D eigenvalue weighted by Gasteiger charge is 2.17. The van der Waals surface area contributed by atoms with Crippen LogP contribution >= 0.6 is 11.3 Å². The Balaban J connectivity index is 2.00. The van der Waals surface area contributed by atoms with Crippen LogP contribution in [0.5, 0.6) is 0 Å². The van der Waals surface area contributed by atoms with Crippen LogP contribution in [-0.2, 0) is 23.1 Å². The largest absolute Gasteiger partial charge is 0.326 e. The minimum absolute atomic E-state index is 0.304. The zero-order valence-corrected chi connectivity index (χ0v) is 13.1. The summed E-state index contributed by atoms with van der Waals surface area (Å²) in [4.78, 5) is 0.896. The summed E-state index contributed by atoms with van der Waals surface area (Å²) in [6, 6.07) is 1.66. The molecule has 0 fully saturated rings. The lowest BCUT2D eigenvalue weighted by Crippen LogP contribution is -2.27. The highest BCUT2D eigenvalue weighted by molar-refractivity contribution is 7.91. The van der Waals surface area contributed by atoms with Crippen molar-refractivity contribution in [3.8, 4) is 0 Å². The van der Waals surface area contributed by atoms with Gasteiger partial charge in [-0.1, -0.05) is 0 Å². The number of thiophene rings is 1. The van der Waals surface area contributed by atoms with Crippen molar-refractivity contribution in [2.45, 2.75) is 31.1 Å². The fourth-order valence-electron chi connectivity index (χ4n) is 1.78. The first-order chi connectivity index (χ1) is 9.42. The van der Waals surface area contributed by atoms with E-state index in [0.717, 1.165) is 16.0 Å². The van der Waals surface area contributed by atoms with Crippen LogP contribution in [0.25, 0.3) is 0 Å². The van der Waals surface area contributed by atoms with Crippen molar-refractivity contribution in [1.29, 1.82) is 0 Å². The van der Waals surface area contributed by atoms with E-state index in [4.69, 9.17) is 5.73 Å². The lowest BCUT2D eigenvalue weighted by molar-refractivity contribution is 0.562. The van der Waals surface area contributed by atoms with Gasteiger partial charge in [-0.15, -0.1) is 11.3 Å². The van der Waals surface area contributed by atoms with E-state index in [1.54, 1.807) is 16.9 Å². The van der Waals surface area contributed by atoms with Gasteiger partial charge in [-0.3, -0.25) is 4.68 Å².